The molecular formula is C26H25N3. The lowest BCUT2D eigenvalue weighted by Crippen LogP contribution is -2.46. The number of benzene rings is 3. The third-order valence-electron chi connectivity index (χ3n) is 5.46. The van der Waals surface area contributed by atoms with E-state index in [2.05, 4.69) is 94.7 Å². The molecule has 1 saturated heterocycles. The molecule has 29 heavy (non-hydrogen) atoms. The van der Waals surface area contributed by atoms with Crippen molar-refractivity contribution in [2.24, 2.45) is 0 Å². The van der Waals surface area contributed by atoms with E-state index in [9.17, 15) is 0 Å². The number of hydrogen-bond donors (Lipinski definition) is 0. The Labute approximate surface area is 173 Å². The average molecular weight is 380 g/mol. The van der Waals surface area contributed by atoms with Crippen LogP contribution in [0.2, 0.25) is 0 Å². The third-order valence-corrected chi connectivity index (χ3v) is 5.46. The van der Waals surface area contributed by atoms with Crippen molar-refractivity contribution >= 4 is 11.3 Å². The molecule has 0 radical (unpaired) electrons. The van der Waals surface area contributed by atoms with Crippen LogP contribution in [0.1, 0.15) is 16.7 Å². The molecule has 3 nitrogen and oxygen atoms in total. The third kappa shape index (κ3) is 4.74. The summed E-state index contributed by atoms with van der Waals surface area (Å²) in [4.78, 5) is 4.91. The first-order chi connectivity index (χ1) is 14.3. The second kappa shape index (κ2) is 9.23. The maximum Gasteiger partial charge on any atom is 0.0991 e. The molecule has 144 valence electrons. The molecule has 0 saturated carbocycles. The molecule has 0 aliphatic carbocycles. The molecule has 1 fully saturated rings. The van der Waals surface area contributed by atoms with Crippen molar-refractivity contribution in [1.29, 1.82) is 5.26 Å². The van der Waals surface area contributed by atoms with E-state index in [1.165, 1.54) is 22.4 Å². The lowest BCUT2D eigenvalue weighted by molar-refractivity contribution is 0.284. The van der Waals surface area contributed by atoms with Crippen molar-refractivity contribution in [2.75, 3.05) is 37.6 Å². The molecule has 0 bridgehead atoms. The standard InChI is InChI=1S/C26H25N3/c27-21-22-11-13-25(14-12-22)29-19-17-28(18-20-29)16-15-26(23-7-3-1-4-8-23)24-9-5-2-6-10-24/h1-15H,16-20H2. The summed E-state index contributed by atoms with van der Waals surface area (Å²) in [6.45, 7) is 5.03. The summed E-state index contributed by atoms with van der Waals surface area (Å²) in [5.41, 5.74) is 5.73. The zero-order chi connectivity index (χ0) is 19.9. The molecule has 3 aromatic carbocycles. The highest BCUT2D eigenvalue weighted by Crippen LogP contribution is 2.23. The minimum atomic E-state index is 0.715. The Morgan fingerprint density at radius 1 is 0.759 bits per heavy atom. The van der Waals surface area contributed by atoms with E-state index in [1.807, 2.05) is 12.1 Å². The van der Waals surface area contributed by atoms with Gasteiger partial charge in [0.2, 0.25) is 0 Å². The van der Waals surface area contributed by atoms with Crippen LogP contribution in [-0.2, 0) is 0 Å². The van der Waals surface area contributed by atoms with Crippen molar-refractivity contribution in [3.8, 4) is 6.07 Å². The Morgan fingerprint density at radius 3 is 1.83 bits per heavy atom. The largest absolute Gasteiger partial charge is 0.369 e. The van der Waals surface area contributed by atoms with Crippen LogP contribution in [0.15, 0.2) is 91.0 Å². The van der Waals surface area contributed by atoms with Crippen LogP contribution in [0, 0.1) is 11.3 Å². The average Bonchev–Trinajstić information content (AvgIpc) is 2.81. The zero-order valence-electron chi connectivity index (χ0n) is 16.5. The number of piperazine rings is 1. The Kier molecular flexibility index (Phi) is 6.04. The van der Waals surface area contributed by atoms with Crippen molar-refractivity contribution in [3.63, 3.8) is 0 Å². The highest BCUT2D eigenvalue weighted by Gasteiger charge is 2.17. The molecule has 1 aliphatic heterocycles. The monoisotopic (exact) mass is 379 g/mol. The molecule has 0 N–H and O–H groups in total. The van der Waals surface area contributed by atoms with Crippen molar-refractivity contribution in [2.45, 2.75) is 0 Å². The predicted molar refractivity (Wildman–Crippen MR) is 120 cm³/mol. The summed E-state index contributed by atoms with van der Waals surface area (Å²) in [7, 11) is 0. The van der Waals surface area contributed by atoms with Gasteiger partial charge in [-0.2, -0.15) is 5.26 Å². The van der Waals surface area contributed by atoms with E-state index >= 15 is 0 Å². The van der Waals surface area contributed by atoms with Crippen LogP contribution in [-0.4, -0.2) is 37.6 Å². The first-order valence-electron chi connectivity index (χ1n) is 10.1. The maximum atomic E-state index is 8.97. The van der Waals surface area contributed by atoms with Crippen molar-refractivity contribution in [3.05, 3.63) is 108 Å². The van der Waals surface area contributed by atoms with Gasteiger partial charge in [0, 0.05) is 38.4 Å². The number of hydrogen-bond acceptors (Lipinski definition) is 3. The van der Waals surface area contributed by atoms with Gasteiger partial charge in [0.25, 0.3) is 0 Å². The summed E-state index contributed by atoms with van der Waals surface area (Å²) < 4.78 is 0. The molecule has 0 aromatic heterocycles. The van der Waals surface area contributed by atoms with E-state index < -0.39 is 0 Å². The summed E-state index contributed by atoms with van der Waals surface area (Å²) in [6.07, 6.45) is 2.36. The van der Waals surface area contributed by atoms with Gasteiger partial charge in [-0.1, -0.05) is 66.7 Å². The highest BCUT2D eigenvalue weighted by atomic mass is 15.3. The summed E-state index contributed by atoms with van der Waals surface area (Å²) in [5, 5.41) is 8.97. The van der Waals surface area contributed by atoms with E-state index in [0.717, 1.165) is 32.7 Å². The van der Waals surface area contributed by atoms with Crippen LogP contribution >= 0.6 is 0 Å². The lowest BCUT2D eigenvalue weighted by Gasteiger charge is -2.35. The molecule has 0 spiro atoms. The van der Waals surface area contributed by atoms with Gasteiger partial charge in [-0.05, 0) is 41.0 Å². The Bertz CT molecular complexity index is 936. The van der Waals surface area contributed by atoms with Crippen LogP contribution in [0.4, 0.5) is 5.69 Å². The Morgan fingerprint density at radius 2 is 1.31 bits per heavy atom. The topological polar surface area (TPSA) is 30.3 Å². The minimum absolute atomic E-state index is 0.715. The zero-order valence-corrected chi connectivity index (χ0v) is 16.5. The van der Waals surface area contributed by atoms with Gasteiger partial charge in [0.05, 0.1) is 11.6 Å². The fourth-order valence-electron chi connectivity index (χ4n) is 3.79. The van der Waals surface area contributed by atoms with Crippen LogP contribution in [0.5, 0.6) is 0 Å². The van der Waals surface area contributed by atoms with Gasteiger partial charge >= 0.3 is 0 Å². The number of nitrogens with zero attached hydrogens (tertiary/aromatic N) is 3. The van der Waals surface area contributed by atoms with Gasteiger partial charge < -0.3 is 4.90 Å². The quantitative estimate of drug-likeness (QED) is 0.637. The molecule has 3 aromatic rings. The second-order valence-corrected chi connectivity index (χ2v) is 7.30. The first kappa shape index (κ1) is 19.0. The van der Waals surface area contributed by atoms with Gasteiger partial charge in [-0.25, -0.2) is 0 Å². The normalized spacial score (nSPS) is 14.2. The summed E-state index contributed by atoms with van der Waals surface area (Å²) in [5.74, 6) is 0. The fraction of sp³-hybridized carbons (Fsp3) is 0.192. The molecule has 4 rings (SSSR count). The van der Waals surface area contributed by atoms with Gasteiger partial charge in [-0.15, -0.1) is 0 Å². The summed E-state index contributed by atoms with van der Waals surface area (Å²) in [6, 6.07) is 31.3. The first-order valence-corrected chi connectivity index (χ1v) is 10.1. The van der Waals surface area contributed by atoms with E-state index in [0.29, 0.717) is 5.56 Å². The Hall–Kier alpha value is -3.35. The molecule has 1 aliphatic rings. The number of nitriles is 1. The second-order valence-electron chi connectivity index (χ2n) is 7.30. The molecule has 0 unspecified atom stereocenters. The maximum absolute atomic E-state index is 8.97. The van der Waals surface area contributed by atoms with Gasteiger partial charge in [0.15, 0.2) is 0 Å². The summed E-state index contributed by atoms with van der Waals surface area (Å²) >= 11 is 0. The SMILES string of the molecule is N#Cc1ccc(N2CCN(CC=C(c3ccccc3)c3ccccc3)CC2)cc1. The van der Waals surface area contributed by atoms with Crippen molar-refractivity contribution in [1.82, 2.24) is 4.90 Å². The smallest absolute Gasteiger partial charge is 0.0991 e. The van der Waals surface area contributed by atoms with E-state index in [-0.39, 0.29) is 0 Å². The minimum Gasteiger partial charge on any atom is -0.369 e. The fourth-order valence-corrected chi connectivity index (χ4v) is 3.79. The molecule has 3 heteroatoms. The Balaban J connectivity index is 1.43. The molecular weight excluding hydrogens is 354 g/mol. The van der Waals surface area contributed by atoms with Gasteiger partial charge in [-0.3, -0.25) is 4.90 Å². The number of rotatable bonds is 5. The lowest BCUT2D eigenvalue weighted by atomic mass is 9.97. The highest BCUT2D eigenvalue weighted by molar-refractivity contribution is 5.79. The van der Waals surface area contributed by atoms with Crippen LogP contribution in [0.25, 0.3) is 5.57 Å². The van der Waals surface area contributed by atoms with Gasteiger partial charge in [0.1, 0.15) is 0 Å². The van der Waals surface area contributed by atoms with E-state index in [1.54, 1.807) is 0 Å². The molecule has 1 heterocycles. The number of anilines is 1. The molecule has 0 atom stereocenters. The van der Waals surface area contributed by atoms with E-state index in [4.69, 9.17) is 5.26 Å². The van der Waals surface area contributed by atoms with Crippen LogP contribution < -0.4 is 4.90 Å². The van der Waals surface area contributed by atoms with Crippen LogP contribution in [0.3, 0.4) is 0 Å². The van der Waals surface area contributed by atoms with Crippen molar-refractivity contribution < 1.29 is 0 Å². The predicted octanol–water partition coefficient (Wildman–Crippen LogP) is 4.81. The molecule has 0 amide bonds.